The number of carbonyl (C=O) groups is 1. The Hall–Kier alpha value is -2.90. The van der Waals surface area contributed by atoms with Crippen molar-refractivity contribution in [3.63, 3.8) is 0 Å². The molecular weight excluding hydrogens is 410 g/mol. The Morgan fingerprint density at radius 2 is 1.71 bits per heavy atom. The van der Waals surface area contributed by atoms with Gasteiger partial charge < -0.3 is 16.0 Å². The number of benzene rings is 2. The minimum absolute atomic E-state index is 0.157. The fourth-order valence-electron chi connectivity index (χ4n) is 3.01. The summed E-state index contributed by atoms with van der Waals surface area (Å²) < 4.78 is 26.1. The monoisotopic (exact) mass is 441 g/mol. The summed E-state index contributed by atoms with van der Waals surface area (Å²) in [4.78, 5) is 12.8. The average Bonchev–Trinajstić information content (AvgIpc) is 2.77. The van der Waals surface area contributed by atoms with Crippen molar-refractivity contribution in [3.05, 3.63) is 82.8 Å². The first-order valence-corrected chi connectivity index (χ1v) is 11.8. The van der Waals surface area contributed by atoms with Gasteiger partial charge in [-0.05, 0) is 62.7 Å². The van der Waals surface area contributed by atoms with E-state index in [0.29, 0.717) is 17.1 Å². The molecule has 0 spiro atoms. The summed E-state index contributed by atoms with van der Waals surface area (Å²) in [5.41, 5.74) is 2.23. The van der Waals surface area contributed by atoms with Crippen LogP contribution in [0.15, 0.2) is 82.1 Å². The van der Waals surface area contributed by atoms with E-state index in [4.69, 9.17) is 0 Å². The van der Waals surface area contributed by atoms with Gasteiger partial charge >= 0.3 is 6.03 Å². The molecule has 6 nitrogen and oxygen atoms in total. The summed E-state index contributed by atoms with van der Waals surface area (Å²) in [6.07, 6.45) is 4.61. The SMILES string of the molecule is CC/C=C\C(CNC)=C(\C)S(=O)(=O)c1ccc(NC(=O)NC(C)c2ccccc2)cc1. The van der Waals surface area contributed by atoms with Crippen LogP contribution in [-0.2, 0) is 9.84 Å². The van der Waals surface area contributed by atoms with E-state index in [-0.39, 0.29) is 17.0 Å². The number of anilines is 1. The molecular formula is C24H31N3O3S. The highest BCUT2D eigenvalue weighted by Gasteiger charge is 2.20. The third-order valence-corrected chi connectivity index (χ3v) is 6.81. The molecule has 0 saturated heterocycles. The molecule has 0 saturated carbocycles. The van der Waals surface area contributed by atoms with E-state index in [9.17, 15) is 13.2 Å². The van der Waals surface area contributed by atoms with E-state index < -0.39 is 9.84 Å². The Morgan fingerprint density at radius 1 is 1.06 bits per heavy atom. The second-order valence-corrected chi connectivity index (χ2v) is 9.27. The van der Waals surface area contributed by atoms with Crippen molar-refractivity contribution < 1.29 is 13.2 Å². The van der Waals surface area contributed by atoms with Crippen LogP contribution in [0.4, 0.5) is 10.5 Å². The van der Waals surface area contributed by atoms with E-state index in [1.165, 1.54) is 12.1 Å². The van der Waals surface area contributed by atoms with Crippen LogP contribution < -0.4 is 16.0 Å². The standard InChI is InChI=1S/C24H31N3O3S/c1-5-6-10-21(17-25-4)19(3)31(29,30)23-15-13-22(14-16-23)27-24(28)26-18(2)20-11-8-7-9-12-20/h6-16,18,25H,5,17H2,1-4H3,(H2,26,27,28)/b10-6-,21-19+. The van der Waals surface area contributed by atoms with E-state index in [1.54, 1.807) is 26.1 Å². The van der Waals surface area contributed by atoms with Gasteiger partial charge in [0.2, 0.25) is 9.84 Å². The van der Waals surface area contributed by atoms with Gasteiger partial charge in [0.15, 0.2) is 0 Å². The number of urea groups is 1. The molecule has 0 aliphatic rings. The normalized spacial score (nSPS) is 13.5. The van der Waals surface area contributed by atoms with Crippen molar-refractivity contribution in [3.8, 4) is 0 Å². The van der Waals surface area contributed by atoms with Gasteiger partial charge in [-0.15, -0.1) is 0 Å². The largest absolute Gasteiger partial charge is 0.331 e. The first-order valence-electron chi connectivity index (χ1n) is 10.3. The summed E-state index contributed by atoms with van der Waals surface area (Å²) in [6, 6.07) is 15.3. The van der Waals surface area contributed by atoms with Gasteiger partial charge in [0.1, 0.15) is 0 Å². The summed E-state index contributed by atoms with van der Waals surface area (Å²) in [5.74, 6) is 0. The van der Waals surface area contributed by atoms with Crippen LogP contribution in [0.1, 0.15) is 38.8 Å². The van der Waals surface area contributed by atoms with Crippen molar-refractivity contribution in [2.24, 2.45) is 0 Å². The number of amides is 2. The molecule has 166 valence electrons. The third-order valence-electron chi connectivity index (χ3n) is 4.85. The fourth-order valence-corrected chi connectivity index (χ4v) is 4.34. The maximum atomic E-state index is 13.0. The minimum atomic E-state index is -3.63. The highest BCUT2D eigenvalue weighted by atomic mass is 32.2. The quantitative estimate of drug-likeness (QED) is 0.488. The smallest absolute Gasteiger partial charge is 0.319 e. The molecule has 2 amide bonds. The van der Waals surface area contributed by atoms with Crippen LogP contribution in [0, 0.1) is 0 Å². The maximum absolute atomic E-state index is 13.0. The van der Waals surface area contributed by atoms with Crippen molar-refractivity contribution in [2.45, 2.75) is 38.1 Å². The van der Waals surface area contributed by atoms with E-state index in [0.717, 1.165) is 17.6 Å². The van der Waals surface area contributed by atoms with Gasteiger partial charge in [0.25, 0.3) is 0 Å². The molecule has 1 unspecified atom stereocenters. The summed E-state index contributed by atoms with van der Waals surface area (Å²) >= 11 is 0. The average molecular weight is 442 g/mol. The number of rotatable bonds is 9. The lowest BCUT2D eigenvalue weighted by Crippen LogP contribution is -2.31. The van der Waals surface area contributed by atoms with Crippen LogP contribution in [-0.4, -0.2) is 28.0 Å². The van der Waals surface area contributed by atoms with Crippen molar-refractivity contribution in [2.75, 3.05) is 18.9 Å². The van der Waals surface area contributed by atoms with Gasteiger partial charge in [-0.1, -0.05) is 49.4 Å². The summed E-state index contributed by atoms with van der Waals surface area (Å²) in [5, 5.41) is 8.62. The second kappa shape index (κ2) is 11.5. The zero-order valence-corrected chi connectivity index (χ0v) is 19.3. The lowest BCUT2D eigenvalue weighted by Gasteiger charge is -2.15. The third kappa shape index (κ3) is 6.80. The molecule has 0 bridgehead atoms. The lowest BCUT2D eigenvalue weighted by molar-refractivity contribution is 0.249. The van der Waals surface area contributed by atoms with Crippen LogP contribution in [0.5, 0.6) is 0 Å². The Kier molecular flexibility index (Phi) is 9.03. The molecule has 3 N–H and O–H groups in total. The highest BCUT2D eigenvalue weighted by molar-refractivity contribution is 7.95. The van der Waals surface area contributed by atoms with Gasteiger partial charge in [0.05, 0.1) is 15.8 Å². The molecule has 0 heterocycles. The van der Waals surface area contributed by atoms with Crippen molar-refractivity contribution in [1.82, 2.24) is 10.6 Å². The Balaban J connectivity index is 2.13. The first kappa shape index (κ1) is 24.4. The van der Waals surface area contributed by atoms with Gasteiger partial charge in [-0.3, -0.25) is 0 Å². The van der Waals surface area contributed by atoms with E-state index >= 15 is 0 Å². The molecule has 2 aromatic rings. The van der Waals surface area contributed by atoms with Crippen molar-refractivity contribution >= 4 is 21.6 Å². The number of sulfone groups is 1. The molecule has 0 aliphatic carbocycles. The number of hydrogen-bond acceptors (Lipinski definition) is 4. The zero-order valence-electron chi connectivity index (χ0n) is 18.5. The molecule has 0 aliphatic heterocycles. The number of allylic oxidation sites excluding steroid dienone is 2. The Morgan fingerprint density at radius 3 is 2.29 bits per heavy atom. The molecule has 0 fully saturated rings. The van der Waals surface area contributed by atoms with Crippen LogP contribution in [0.3, 0.4) is 0 Å². The molecule has 7 heteroatoms. The van der Waals surface area contributed by atoms with Gasteiger partial charge in [0, 0.05) is 12.2 Å². The minimum Gasteiger partial charge on any atom is -0.331 e. The van der Waals surface area contributed by atoms with Crippen LogP contribution in [0.25, 0.3) is 0 Å². The molecule has 2 aromatic carbocycles. The fraction of sp³-hybridized carbons (Fsp3) is 0.292. The Labute approximate surface area is 185 Å². The maximum Gasteiger partial charge on any atom is 0.319 e. The molecule has 1 atom stereocenters. The second-order valence-electron chi connectivity index (χ2n) is 7.18. The predicted octanol–water partition coefficient (Wildman–Crippen LogP) is 4.80. The zero-order chi connectivity index (χ0) is 22.9. The highest BCUT2D eigenvalue weighted by Crippen LogP contribution is 2.24. The number of hydrogen-bond donors (Lipinski definition) is 3. The molecule has 0 aromatic heterocycles. The number of likely N-dealkylation sites (N-methyl/N-ethyl adjacent to an activating group) is 1. The van der Waals surface area contributed by atoms with E-state index in [1.807, 2.05) is 56.3 Å². The van der Waals surface area contributed by atoms with Crippen LogP contribution >= 0.6 is 0 Å². The molecule has 0 radical (unpaired) electrons. The Bertz CT molecular complexity index is 1030. The molecule has 2 rings (SSSR count). The summed E-state index contributed by atoms with van der Waals surface area (Å²) in [6.45, 7) is 5.97. The van der Waals surface area contributed by atoms with Gasteiger partial charge in [-0.2, -0.15) is 0 Å². The number of carbonyl (C=O) groups excluding carboxylic acids is 1. The van der Waals surface area contributed by atoms with Crippen LogP contribution in [0.2, 0.25) is 0 Å². The predicted molar refractivity (Wildman–Crippen MR) is 127 cm³/mol. The van der Waals surface area contributed by atoms with Crippen molar-refractivity contribution in [1.29, 1.82) is 0 Å². The first-order chi connectivity index (χ1) is 14.8. The topological polar surface area (TPSA) is 87.3 Å². The van der Waals surface area contributed by atoms with E-state index in [2.05, 4.69) is 16.0 Å². The molecule has 31 heavy (non-hydrogen) atoms. The van der Waals surface area contributed by atoms with Gasteiger partial charge in [-0.25, -0.2) is 13.2 Å². The lowest BCUT2D eigenvalue weighted by atomic mass is 10.1. The number of nitrogens with one attached hydrogen (secondary N) is 3. The summed E-state index contributed by atoms with van der Waals surface area (Å²) in [7, 11) is -1.85.